The Kier molecular flexibility index (Phi) is 6.67. The van der Waals surface area contributed by atoms with Crippen LogP contribution in [0.4, 0.5) is 10.5 Å². The third-order valence-electron chi connectivity index (χ3n) is 3.86. The van der Waals surface area contributed by atoms with Crippen LogP contribution in [-0.2, 0) is 6.42 Å². The second kappa shape index (κ2) is 8.96. The number of nitrogens with zero attached hydrogens (tertiary/aromatic N) is 1. The van der Waals surface area contributed by atoms with E-state index in [9.17, 15) is 4.79 Å². The summed E-state index contributed by atoms with van der Waals surface area (Å²) in [6.45, 7) is 7.64. The van der Waals surface area contributed by atoms with E-state index in [0.29, 0.717) is 19.7 Å². The maximum Gasteiger partial charge on any atom is 0.321 e. The number of rotatable bonds is 7. The van der Waals surface area contributed by atoms with Crippen LogP contribution in [0.25, 0.3) is 0 Å². The van der Waals surface area contributed by atoms with Gasteiger partial charge in [-0.05, 0) is 49.6 Å². The number of para-hydroxylation sites is 1. The molecule has 0 unspecified atom stereocenters. The van der Waals surface area contributed by atoms with E-state index in [4.69, 9.17) is 4.74 Å². The highest BCUT2D eigenvalue weighted by Gasteiger charge is 2.13. The first-order valence-electron chi connectivity index (χ1n) is 8.48. The number of benzene rings is 2. The van der Waals surface area contributed by atoms with Crippen molar-refractivity contribution in [3.63, 3.8) is 0 Å². The van der Waals surface area contributed by atoms with Crippen LogP contribution < -0.4 is 15.0 Å². The Morgan fingerprint density at radius 2 is 1.92 bits per heavy atom. The molecular formula is C20H26N2O2. The lowest BCUT2D eigenvalue weighted by Gasteiger charge is -2.22. The van der Waals surface area contributed by atoms with Crippen molar-refractivity contribution >= 4 is 11.7 Å². The quantitative estimate of drug-likeness (QED) is 0.776. The third-order valence-corrected chi connectivity index (χ3v) is 3.86. The Morgan fingerprint density at radius 1 is 1.12 bits per heavy atom. The summed E-state index contributed by atoms with van der Waals surface area (Å²) in [5, 5.41) is 2.92. The standard InChI is InChI=1S/C20H26N2O2/c1-4-17-10-6-7-12-19(17)24-14-13-21-20(23)22(5-2)18-11-8-9-16(3)15-18/h6-12,15H,4-5,13-14H2,1-3H3,(H,21,23). The van der Waals surface area contributed by atoms with Crippen LogP contribution in [-0.4, -0.2) is 25.7 Å². The minimum absolute atomic E-state index is 0.101. The molecule has 0 aliphatic carbocycles. The predicted molar refractivity (Wildman–Crippen MR) is 98.9 cm³/mol. The number of amides is 2. The highest BCUT2D eigenvalue weighted by Crippen LogP contribution is 2.18. The minimum atomic E-state index is -0.101. The van der Waals surface area contributed by atoms with Crippen LogP contribution in [0.2, 0.25) is 0 Å². The average molecular weight is 326 g/mol. The molecule has 0 spiro atoms. The molecule has 0 atom stereocenters. The Morgan fingerprint density at radius 3 is 2.62 bits per heavy atom. The molecule has 0 aliphatic heterocycles. The van der Waals surface area contributed by atoms with E-state index < -0.39 is 0 Å². The molecule has 2 amide bonds. The van der Waals surface area contributed by atoms with Gasteiger partial charge in [-0.3, -0.25) is 4.90 Å². The Bertz CT molecular complexity index is 670. The number of aryl methyl sites for hydroxylation is 2. The van der Waals surface area contributed by atoms with E-state index in [0.717, 1.165) is 23.4 Å². The van der Waals surface area contributed by atoms with Gasteiger partial charge >= 0.3 is 6.03 Å². The second-order valence-corrected chi connectivity index (χ2v) is 5.62. The second-order valence-electron chi connectivity index (χ2n) is 5.62. The molecule has 0 fully saturated rings. The van der Waals surface area contributed by atoms with Crippen molar-refractivity contribution in [3.8, 4) is 5.75 Å². The fourth-order valence-electron chi connectivity index (χ4n) is 2.59. The summed E-state index contributed by atoms with van der Waals surface area (Å²) in [5.74, 6) is 0.889. The van der Waals surface area contributed by atoms with Crippen molar-refractivity contribution in [3.05, 3.63) is 59.7 Å². The molecule has 0 heterocycles. The van der Waals surface area contributed by atoms with Crippen LogP contribution in [0.15, 0.2) is 48.5 Å². The SMILES string of the molecule is CCc1ccccc1OCCNC(=O)N(CC)c1cccc(C)c1. The average Bonchev–Trinajstić information content (AvgIpc) is 2.60. The van der Waals surface area contributed by atoms with E-state index in [2.05, 4.69) is 18.3 Å². The largest absolute Gasteiger partial charge is 0.491 e. The summed E-state index contributed by atoms with van der Waals surface area (Å²) in [7, 11) is 0. The van der Waals surface area contributed by atoms with Gasteiger partial charge in [0.2, 0.25) is 0 Å². The Labute approximate surface area is 144 Å². The molecule has 4 heteroatoms. The summed E-state index contributed by atoms with van der Waals surface area (Å²) in [5.41, 5.74) is 3.23. The normalized spacial score (nSPS) is 10.3. The third kappa shape index (κ3) is 4.75. The van der Waals surface area contributed by atoms with Gasteiger partial charge in [-0.2, -0.15) is 0 Å². The minimum Gasteiger partial charge on any atom is -0.491 e. The monoisotopic (exact) mass is 326 g/mol. The number of urea groups is 1. The maximum atomic E-state index is 12.4. The van der Waals surface area contributed by atoms with E-state index in [1.807, 2.05) is 56.3 Å². The molecule has 0 bridgehead atoms. The fraction of sp³-hybridized carbons (Fsp3) is 0.350. The summed E-state index contributed by atoms with van der Waals surface area (Å²) in [4.78, 5) is 14.1. The first-order valence-corrected chi connectivity index (χ1v) is 8.48. The summed E-state index contributed by atoms with van der Waals surface area (Å²) >= 11 is 0. The van der Waals surface area contributed by atoms with Crippen molar-refractivity contribution in [2.45, 2.75) is 27.2 Å². The molecule has 0 saturated carbocycles. The zero-order valence-electron chi connectivity index (χ0n) is 14.7. The summed E-state index contributed by atoms with van der Waals surface area (Å²) in [6.07, 6.45) is 0.930. The zero-order chi connectivity index (χ0) is 17.4. The topological polar surface area (TPSA) is 41.6 Å². The van der Waals surface area contributed by atoms with Crippen LogP contribution >= 0.6 is 0 Å². The molecular weight excluding hydrogens is 300 g/mol. The van der Waals surface area contributed by atoms with Crippen LogP contribution in [0.1, 0.15) is 25.0 Å². The number of hydrogen-bond donors (Lipinski definition) is 1. The molecule has 2 rings (SSSR count). The molecule has 0 radical (unpaired) electrons. The van der Waals surface area contributed by atoms with Gasteiger partial charge in [0.25, 0.3) is 0 Å². The number of carbonyl (C=O) groups excluding carboxylic acids is 1. The maximum absolute atomic E-state index is 12.4. The van der Waals surface area contributed by atoms with Crippen molar-refractivity contribution in [1.82, 2.24) is 5.32 Å². The lowest BCUT2D eigenvalue weighted by Crippen LogP contribution is -2.41. The van der Waals surface area contributed by atoms with Gasteiger partial charge in [-0.25, -0.2) is 4.79 Å². The highest BCUT2D eigenvalue weighted by atomic mass is 16.5. The molecule has 0 aliphatic rings. The number of nitrogens with one attached hydrogen (secondary N) is 1. The molecule has 2 aromatic rings. The van der Waals surface area contributed by atoms with Gasteiger partial charge in [0.1, 0.15) is 12.4 Å². The number of carbonyl (C=O) groups is 1. The lowest BCUT2D eigenvalue weighted by molar-refractivity contribution is 0.242. The van der Waals surface area contributed by atoms with Gasteiger partial charge in [-0.1, -0.05) is 37.3 Å². The first kappa shape index (κ1) is 17.9. The van der Waals surface area contributed by atoms with Gasteiger partial charge in [0.15, 0.2) is 0 Å². The molecule has 1 N–H and O–H groups in total. The molecule has 4 nitrogen and oxygen atoms in total. The molecule has 0 aromatic heterocycles. The van der Waals surface area contributed by atoms with E-state index in [-0.39, 0.29) is 6.03 Å². The number of hydrogen-bond acceptors (Lipinski definition) is 2. The highest BCUT2D eigenvalue weighted by molar-refractivity contribution is 5.91. The van der Waals surface area contributed by atoms with Crippen LogP contribution in [0.3, 0.4) is 0 Å². The summed E-state index contributed by atoms with van der Waals surface area (Å²) < 4.78 is 5.78. The Hall–Kier alpha value is -2.49. The van der Waals surface area contributed by atoms with Crippen LogP contribution in [0.5, 0.6) is 5.75 Å². The van der Waals surface area contributed by atoms with Gasteiger partial charge in [0, 0.05) is 12.2 Å². The number of anilines is 1. The van der Waals surface area contributed by atoms with Crippen molar-refractivity contribution in [2.24, 2.45) is 0 Å². The van der Waals surface area contributed by atoms with Crippen LogP contribution in [0, 0.1) is 6.92 Å². The predicted octanol–water partition coefficient (Wildman–Crippen LogP) is 4.17. The van der Waals surface area contributed by atoms with Crippen molar-refractivity contribution in [1.29, 1.82) is 0 Å². The smallest absolute Gasteiger partial charge is 0.321 e. The van der Waals surface area contributed by atoms with Crippen molar-refractivity contribution in [2.75, 3.05) is 24.6 Å². The lowest BCUT2D eigenvalue weighted by atomic mass is 10.1. The van der Waals surface area contributed by atoms with Gasteiger partial charge < -0.3 is 10.1 Å². The van der Waals surface area contributed by atoms with Gasteiger partial charge in [0.05, 0.1) is 6.54 Å². The Balaban J connectivity index is 1.86. The first-order chi connectivity index (χ1) is 11.7. The van der Waals surface area contributed by atoms with E-state index >= 15 is 0 Å². The molecule has 128 valence electrons. The molecule has 0 saturated heterocycles. The zero-order valence-corrected chi connectivity index (χ0v) is 14.7. The van der Waals surface area contributed by atoms with E-state index in [1.165, 1.54) is 5.56 Å². The number of ether oxygens (including phenoxy) is 1. The van der Waals surface area contributed by atoms with Gasteiger partial charge in [-0.15, -0.1) is 0 Å². The van der Waals surface area contributed by atoms with E-state index in [1.54, 1.807) is 4.90 Å². The van der Waals surface area contributed by atoms with Crippen molar-refractivity contribution < 1.29 is 9.53 Å². The fourth-order valence-corrected chi connectivity index (χ4v) is 2.59. The molecule has 2 aromatic carbocycles. The summed E-state index contributed by atoms with van der Waals surface area (Å²) in [6, 6.07) is 15.8. The molecule has 24 heavy (non-hydrogen) atoms.